The largest absolute Gasteiger partial charge is 0.478 e. The lowest BCUT2D eigenvalue weighted by Gasteiger charge is -2.04. The van der Waals surface area contributed by atoms with E-state index in [0.717, 1.165) is 27.2 Å². The summed E-state index contributed by atoms with van der Waals surface area (Å²) in [5, 5.41) is 8.86. The minimum atomic E-state index is -1.30. The summed E-state index contributed by atoms with van der Waals surface area (Å²) >= 11 is 4.38. The van der Waals surface area contributed by atoms with Crippen LogP contribution < -0.4 is 0 Å². The number of carboxylic acids is 1. The number of carboxylic acid groups (broad SMARTS) is 1. The number of pyridine rings is 1. The molecule has 0 saturated carbocycles. The van der Waals surface area contributed by atoms with Crippen LogP contribution in [-0.2, 0) is 0 Å². The molecular formula is C12H7BrFNO2S. The van der Waals surface area contributed by atoms with Gasteiger partial charge < -0.3 is 5.11 Å². The maximum atomic E-state index is 13.8. The number of nitrogens with zero attached hydrogens (tertiary/aromatic N) is 1. The Hall–Kier alpha value is -1.40. The third-order valence-electron chi connectivity index (χ3n) is 2.12. The monoisotopic (exact) mass is 327 g/mol. The Labute approximate surface area is 115 Å². The number of rotatable bonds is 3. The van der Waals surface area contributed by atoms with Crippen molar-refractivity contribution in [1.29, 1.82) is 0 Å². The first-order valence-electron chi connectivity index (χ1n) is 4.89. The van der Waals surface area contributed by atoms with Gasteiger partial charge in [0.2, 0.25) is 0 Å². The molecule has 2 rings (SSSR count). The lowest BCUT2D eigenvalue weighted by molar-refractivity contribution is 0.0691. The molecule has 0 spiro atoms. The Morgan fingerprint density at radius 2 is 1.94 bits per heavy atom. The fourth-order valence-electron chi connectivity index (χ4n) is 1.28. The van der Waals surface area contributed by atoms with E-state index in [0.29, 0.717) is 0 Å². The van der Waals surface area contributed by atoms with Crippen molar-refractivity contribution in [3.05, 3.63) is 52.4 Å². The smallest absolute Gasteiger partial charge is 0.338 e. The van der Waals surface area contributed by atoms with Gasteiger partial charge in [-0.2, -0.15) is 0 Å². The minimum Gasteiger partial charge on any atom is -0.478 e. The van der Waals surface area contributed by atoms with Crippen LogP contribution >= 0.6 is 27.7 Å². The maximum absolute atomic E-state index is 13.8. The molecule has 0 saturated heterocycles. The van der Waals surface area contributed by atoms with Crippen LogP contribution in [-0.4, -0.2) is 16.1 Å². The Kier molecular flexibility index (Phi) is 3.98. The van der Waals surface area contributed by atoms with Crippen LogP contribution in [0.4, 0.5) is 4.39 Å². The number of halogens is 2. The van der Waals surface area contributed by atoms with Crippen molar-refractivity contribution in [2.24, 2.45) is 0 Å². The molecule has 0 aliphatic rings. The molecule has 1 aromatic heterocycles. The van der Waals surface area contributed by atoms with Crippen molar-refractivity contribution < 1.29 is 14.3 Å². The third kappa shape index (κ3) is 2.88. The molecule has 0 bridgehead atoms. The van der Waals surface area contributed by atoms with Crippen LogP contribution in [0.5, 0.6) is 0 Å². The van der Waals surface area contributed by atoms with E-state index in [4.69, 9.17) is 5.11 Å². The van der Waals surface area contributed by atoms with Crippen LogP contribution in [0, 0.1) is 5.82 Å². The van der Waals surface area contributed by atoms with Gasteiger partial charge in [-0.05, 0) is 30.3 Å². The predicted octanol–water partition coefficient (Wildman–Crippen LogP) is 3.83. The van der Waals surface area contributed by atoms with E-state index in [9.17, 15) is 9.18 Å². The first-order valence-corrected chi connectivity index (χ1v) is 6.50. The van der Waals surface area contributed by atoms with Crippen molar-refractivity contribution in [3.63, 3.8) is 0 Å². The van der Waals surface area contributed by atoms with E-state index in [-0.39, 0.29) is 10.6 Å². The van der Waals surface area contributed by atoms with E-state index in [2.05, 4.69) is 20.9 Å². The number of hydrogen-bond acceptors (Lipinski definition) is 3. The highest BCUT2D eigenvalue weighted by atomic mass is 79.9. The third-order valence-corrected chi connectivity index (χ3v) is 3.63. The predicted molar refractivity (Wildman–Crippen MR) is 69.4 cm³/mol. The zero-order valence-electron chi connectivity index (χ0n) is 8.93. The van der Waals surface area contributed by atoms with Crippen molar-refractivity contribution in [1.82, 2.24) is 4.98 Å². The van der Waals surface area contributed by atoms with Crippen molar-refractivity contribution in [2.75, 3.05) is 0 Å². The molecule has 1 heterocycles. The number of carbonyl (C=O) groups is 1. The SMILES string of the molecule is O=C(O)c1ccnc(Sc2ccc(Br)cc2)c1F. The van der Waals surface area contributed by atoms with Crippen LogP contribution in [0.2, 0.25) is 0 Å². The van der Waals surface area contributed by atoms with Gasteiger partial charge in [-0.15, -0.1) is 0 Å². The van der Waals surface area contributed by atoms with Gasteiger partial charge in [0.05, 0.1) is 5.56 Å². The summed E-state index contributed by atoms with van der Waals surface area (Å²) in [6, 6.07) is 8.37. The topological polar surface area (TPSA) is 50.2 Å². The Morgan fingerprint density at radius 3 is 2.56 bits per heavy atom. The first kappa shape index (κ1) is 13.0. The number of aromatic nitrogens is 1. The molecule has 3 nitrogen and oxygen atoms in total. The Morgan fingerprint density at radius 1 is 1.28 bits per heavy atom. The average Bonchev–Trinajstić information content (AvgIpc) is 2.34. The lowest BCUT2D eigenvalue weighted by atomic mass is 10.3. The lowest BCUT2D eigenvalue weighted by Crippen LogP contribution is -2.02. The molecule has 0 atom stereocenters. The zero-order chi connectivity index (χ0) is 13.1. The van der Waals surface area contributed by atoms with Crippen molar-refractivity contribution >= 4 is 33.7 Å². The van der Waals surface area contributed by atoms with E-state index in [1.54, 1.807) is 12.1 Å². The second kappa shape index (κ2) is 5.49. The number of hydrogen-bond donors (Lipinski definition) is 1. The molecule has 6 heteroatoms. The molecule has 0 radical (unpaired) electrons. The second-order valence-electron chi connectivity index (χ2n) is 3.34. The van der Waals surface area contributed by atoms with Crippen LogP contribution in [0.3, 0.4) is 0 Å². The zero-order valence-corrected chi connectivity index (χ0v) is 11.3. The molecule has 0 aliphatic heterocycles. The van der Waals surface area contributed by atoms with Gasteiger partial charge in [0, 0.05) is 15.6 Å². The quantitative estimate of drug-likeness (QED) is 0.930. The molecule has 0 fully saturated rings. The molecule has 0 amide bonds. The molecule has 0 aliphatic carbocycles. The van der Waals surface area contributed by atoms with Gasteiger partial charge in [-0.3, -0.25) is 0 Å². The fraction of sp³-hybridized carbons (Fsp3) is 0. The van der Waals surface area contributed by atoms with Crippen LogP contribution in [0.15, 0.2) is 50.9 Å². The highest BCUT2D eigenvalue weighted by molar-refractivity contribution is 9.10. The summed E-state index contributed by atoms with van der Waals surface area (Å²) in [6.45, 7) is 0. The van der Waals surface area contributed by atoms with Crippen LogP contribution in [0.1, 0.15) is 10.4 Å². The Balaban J connectivity index is 2.32. The molecule has 0 unspecified atom stereocenters. The van der Waals surface area contributed by atoms with Crippen molar-refractivity contribution in [2.45, 2.75) is 9.92 Å². The first-order chi connectivity index (χ1) is 8.58. The van der Waals surface area contributed by atoms with Crippen molar-refractivity contribution in [3.8, 4) is 0 Å². The summed E-state index contributed by atoms with van der Waals surface area (Å²) in [5.74, 6) is -2.11. The summed E-state index contributed by atoms with van der Waals surface area (Å²) in [6.07, 6.45) is 1.29. The average molecular weight is 328 g/mol. The summed E-state index contributed by atoms with van der Waals surface area (Å²) < 4.78 is 14.7. The highest BCUT2D eigenvalue weighted by Crippen LogP contribution is 2.30. The second-order valence-corrected chi connectivity index (χ2v) is 5.32. The van der Waals surface area contributed by atoms with Crippen LogP contribution in [0.25, 0.3) is 0 Å². The molecular weight excluding hydrogens is 321 g/mol. The van der Waals surface area contributed by atoms with Gasteiger partial charge in [-0.25, -0.2) is 14.2 Å². The highest BCUT2D eigenvalue weighted by Gasteiger charge is 2.15. The van der Waals surface area contributed by atoms with Gasteiger partial charge in [-0.1, -0.05) is 27.7 Å². The van der Waals surface area contributed by atoms with E-state index >= 15 is 0 Å². The van der Waals surface area contributed by atoms with E-state index in [1.807, 2.05) is 12.1 Å². The molecule has 1 N–H and O–H groups in total. The van der Waals surface area contributed by atoms with E-state index < -0.39 is 11.8 Å². The van der Waals surface area contributed by atoms with Gasteiger partial charge in [0.25, 0.3) is 0 Å². The van der Waals surface area contributed by atoms with E-state index in [1.165, 1.54) is 6.20 Å². The maximum Gasteiger partial charge on any atom is 0.338 e. The van der Waals surface area contributed by atoms with Gasteiger partial charge in [0.1, 0.15) is 5.03 Å². The number of aromatic carboxylic acids is 1. The summed E-state index contributed by atoms with van der Waals surface area (Å²) in [5.41, 5.74) is -0.371. The molecule has 18 heavy (non-hydrogen) atoms. The molecule has 1 aromatic carbocycles. The summed E-state index contributed by atoms with van der Waals surface area (Å²) in [7, 11) is 0. The number of benzene rings is 1. The molecule has 2 aromatic rings. The normalized spacial score (nSPS) is 10.3. The standard InChI is InChI=1S/C12H7BrFNO2S/c13-7-1-3-8(4-2-7)18-11-10(14)9(12(16)17)5-6-15-11/h1-6H,(H,16,17). The fourth-order valence-corrected chi connectivity index (χ4v) is 2.35. The summed E-state index contributed by atoms with van der Waals surface area (Å²) in [4.78, 5) is 15.4. The molecule has 92 valence electrons. The minimum absolute atomic E-state index is 0.0530. The Bertz CT molecular complexity index is 589. The van der Waals surface area contributed by atoms with Gasteiger partial charge in [0.15, 0.2) is 5.82 Å². The van der Waals surface area contributed by atoms with Gasteiger partial charge >= 0.3 is 5.97 Å².